The summed E-state index contributed by atoms with van der Waals surface area (Å²) in [6.45, 7) is 1.98. The minimum atomic E-state index is -0.483. The Labute approximate surface area is 173 Å². The van der Waals surface area contributed by atoms with Gasteiger partial charge in [0.2, 0.25) is 11.9 Å². The van der Waals surface area contributed by atoms with Crippen LogP contribution in [0.3, 0.4) is 0 Å². The van der Waals surface area contributed by atoms with E-state index >= 15 is 0 Å². The number of methoxy groups -OCH3 is 1. The fourth-order valence-electron chi connectivity index (χ4n) is 3.75. The predicted molar refractivity (Wildman–Crippen MR) is 109 cm³/mol. The summed E-state index contributed by atoms with van der Waals surface area (Å²) in [5, 5.41) is 3.53. The molecule has 0 aliphatic heterocycles. The lowest BCUT2D eigenvalue weighted by Gasteiger charge is -2.28. The quantitative estimate of drug-likeness (QED) is 0.706. The van der Waals surface area contributed by atoms with Gasteiger partial charge in [-0.25, -0.2) is 4.98 Å². The molecule has 1 amide bonds. The highest BCUT2D eigenvalue weighted by Crippen LogP contribution is 2.36. The molecule has 0 bridgehead atoms. The highest BCUT2D eigenvalue weighted by molar-refractivity contribution is 6.42. The van der Waals surface area contributed by atoms with E-state index in [-0.39, 0.29) is 23.8 Å². The van der Waals surface area contributed by atoms with Gasteiger partial charge in [0.25, 0.3) is 0 Å². The first kappa shape index (κ1) is 20.8. The van der Waals surface area contributed by atoms with E-state index in [1.54, 1.807) is 18.2 Å². The van der Waals surface area contributed by atoms with Gasteiger partial charge in [0.15, 0.2) is 0 Å². The van der Waals surface area contributed by atoms with Gasteiger partial charge in [0.1, 0.15) is 5.75 Å². The molecule has 150 valence electrons. The number of pyridine rings is 1. The number of carbonyl (C=O) groups excluding carboxylic acids is 1. The van der Waals surface area contributed by atoms with E-state index in [1.165, 1.54) is 13.3 Å². The maximum absolute atomic E-state index is 14.1. The third-order valence-electron chi connectivity index (χ3n) is 5.13. The second-order valence-electron chi connectivity index (χ2n) is 7.16. The van der Waals surface area contributed by atoms with Gasteiger partial charge in [-0.05, 0) is 42.9 Å². The predicted octanol–water partition coefficient (Wildman–Crippen LogP) is 4.56. The number of nitrogens with zero attached hydrogens (tertiary/aromatic N) is 1. The molecule has 1 unspecified atom stereocenters. The summed E-state index contributed by atoms with van der Waals surface area (Å²) in [7, 11) is 1.49. The first-order valence-electron chi connectivity index (χ1n) is 9.02. The zero-order valence-corrected chi connectivity index (χ0v) is 17.1. The molecule has 28 heavy (non-hydrogen) atoms. The summed E-state index contributed by atoms with van der Waals surface area (Å²) in [6, 6.07) is 4.57. The molecule has 8 heteroatoms. The molecular formula is C20H22Cl2FN3O2. The van der Waals surface area contributed by atoms with Crippen molar-refractivity contribution in [2.45, 2.75) is 38.1 Å². The summed E-state index contributed by atoms with van der Waals surface area (Å²) in [5.41, 5.74) is 8.07. The van der Waals surface area contributed by atoms with Crippen LogP contribution in [0.1, 0.15) is 36.8 Å². The average Bonchev–Trinajstić information content (AvgIpc) is 2.64. The van der Waals surface area contributed by atoms with Crippen LogP contribution in [0.4, 0.5) is 10.1 Å². The fourth-order valence-corrected chi connectivity index (χ4v) is 4.07. The summed E-state index contributed by atoms with van der Waals surface area (Å²) >= 11 is 12.1. The summed E-state index contributed by atoms with van der Waals surface area (Å²) in [4.78, 5) is 16.7. The Balaban J connectivity index is 1.84. The molecule has 3 atom stereocenters. The molecule has 0 spiro atoms. The summed E-state index contributed by atoms with van der Waals surface area (Å²) in [6.07, 6.45) is 2.78. The van der Waals surface area contributed by atoms with Gasteiger partial charge in [0, 0.05) is 29.8 Å². The highest BCUT2D eigenvalue weighted by Gasteiger charge is 2.30. The Bertz CT molecular complexity index is 894. The fraction of sp³-hybridized carbons (Fsp3) is 0.400. The van der Waals surface area contributed by atoms with Crippen molar-refractivity contribution in [1.82, 2.24) is 4.98 Å². The van der Waals surface area contributed by atoms with E-state index in [1.807, 2.05) is 6.92 Å². The number of hydrogen-bond donors (Lipinski definition) is 2. The van der Waals surface area contributed by atoms with Gasteiger partial charge in [-0.1, -0.05) is 30.1 Å². The van der Waals surface area contributed by atoms with E-state index in [0.29, 0.717) is 46.3 Å². The molecule has 1 aliphatic rings. The molecule has 5 nitrogen and oxygen atoms in total. The van der Waals surface area contributed by atoms with Crippen molar-refractivity contribution < 1.29 is 13.9 Å². The molecule has 0 saturated heterocycles. The monoisotopic (exact) mass is 425 g/mol. The zero-order valence-electron chi connectivity index (χ0n) is 15.6. The Morgan fingerprint density at radius 2 is 2.04 bits per heavy atom. The van der Waals surface area contributed by atoms with Gasteiger partial charge in [-0.3, -0.25) is 4.79 Å². The number of aromatic nitrogens is 1. The maximum Gasteiger partial charge on any atom is 0.227 e. The van der Waals surface area contributed by atoms with Crippen LogP contribution >= 0.6 is 23.2 Å². The van der Waals surface area contributed by atoms with Crippen molar-refractivity contribution in [3.05, 3.63) is 51.5 Å². The number of rotatable bonds is 3. The Kier molecular flexibility index (Phi) is 6.43. The third kappa shape index (κ3) is 4.40. The lowest BCUT2D eigenvalue weighted by molar-refractivity contribution is -0.120. The molecule has 2 aromatic rings. The third-order valence-corrected chi connectivity index (χ3v) is 5.86. The number of ether oxygens (including phenoxy) is 1. The zero-order chi connectivity index (χ0) is 20.4. The normalized spacial score (nSPS) is 22.0. The number of nitrogens with two attached hydrogens (primary N) is 1. The standard InChI is InChI=1S/C20H22Cl2FN3O2/c1-10-5-11(6-12(24)7-14-13(10)3-4-25-19(14)23)20(27)26-17-8-15(21)16(22)9-18(17)28-2/h3-4,8-12H,5-7,24H2,1-2H3,(H,26,27)/t10-,11?,12+/m1/s1. The number of fused-ring (bicyclic) bond motifs is 1. The van der Waals surface area contributed by atoms with Crippen LogP contribution in [0.15, 0.2) is 24.4 Å². The van der Waals surface area contributed by atoms with Crippen molar-refractivity contribution in [3.8, 4) is 5.75 Å². The lowest BCUT2D eigenvalue weighted by atomic mass is 9.80. The number of amides is 1. The Morgan fingerprint density at radius 1 is 1.32 bits per heavy atom. The van der Waals surface area contributed by atoms with Crippen LogP contribution in [0.25, 0.3) is 0 Å². The van der Waals surface area contributed by atoms with E-state index in [2.05, 4.69) is 10.3 Å². The minimum Gasteiger partial charge on any atom is -0.495 e. The molecule has 0 fully saturated rings. The van der Waals surface area contributed by atoms with Crippen LogP contribution in [-0.2, 0) is 11.2 Å². The van der Waals surface area contributed by atoms with Crippen LogP contribution in [0, 0.1) is 11.9 Å². The molecule has 1 aromatic heterocycles. The van der Waals surface area contributed by atoms with Gasteiger partial charge in [-0.15, -0.1) is 0 Å². The lowest BCUT2D eigenvalue weighted by Crippen LogP contribution is -2.35. The van der Waals surface area contributed by atoms with E-state index < -0.39 is 5.95 Å². The van der Waals surface area contributed by atoms with Crippen LogP contribution in [0.5, 0.6) is 5.75 Å². The molecule has 0 radical (unpaired) electrons. The van der Waals surface area contributed by atoms with Gasteiger partial charge < -0.3 is 15.8 Å². The molecular weight excluding hydrogens is 404 g/mol. The number of benzene rings is 1. The minimum absolute atomic E-state index is 0.00792. The van der Waals surface area contributed by atoms with Gasteiger partial charge in [-0.2, -0.15) is 4.39 Å². The molecule has 3 N–H and O–H groups in total. The van der Waals surface area contributed by atoms with Crippen molar-refractivity contribution in [2.75, 3.05) is 12.4 Å². The molecule has 0 saturated carbocycles. The number of anilines is 1. The second kappa shape index (κ2) is 8.64. The maximum atomic E-state index is 14.1. The van der Waals surface area contributed by atoms with E-state index in [4.69, 9.17) is 33.7 Å². The molecule has 3 rings (SSSR count). The second-order valence-corrected chi connectivity index (χ2v) is 7.97. The van der Waals surface area contributed by atoms with E-state index in [9.17, 15) is 9.18 Å². The average molecular weight is 426 g/mol. The number of hydrogen-bond acceptors (Lipinski definition) is 4. The highest BCUT2D eigenvalue weighted by atomic mass is 35.5. The molecule has 1 aliphatic carbocycles. The first-order valence-corrected chi connectivity index (χ1v) is 9.78. The van der Waals surface area contributed by atoms with Crippen LogP contribution in [-0.4, -0.2) is 24.0 Å². The smallest absolute Gasteiger partial charge is 0.227 e. The Hall–Kier alpha value is -1.89. The molecule has 1 heterocycles. The number of carbonyl (C=O) groups is 1. The SMILES string of the molecule is COc1cc(Cl)c(Cl)cc1NC(=O)C1C[C@H](N)Cc2c(ccnc2F)[C@H](C)C1. The largest absolute Gasteiger partial charge is 0.495 e. The number of nitrogens with one attached hydrogen (secondary N) is 1. The molecule has 1 aromatic carbocycles. The Morgan fingerprint density at radius 3 is 2.75 bits per heavy atom. The van der Waals surface area contributed by atoms with Crippen molar-refractivity contribution >= 4 is 34.8 Å². The van der Waals surface area contributed by atoms with Gasteiger partial charge >= 0.3 is 0 Å². The van der Waals surface area contributed by atoms with Gasteiger partial charge in [0.05, 0.1) is 22.8 Å². The van der Waals surface area contributed by atoms with Crippen LogP contribution < -0.4 is 15.8 Å². The van der Waals surface area contributed by atoms with Crippen LogP contribution in [0.2, 0.25) is 10.0 Å². The van der Waals surface area contributed by atoms with Crippen molar-refractivity contribution in [2.24, 2.45) is 11.7 Å². The van der Waals surface area contributed by atoms with Crippen molar-refractivity contribution in [1.29, 1.82) is 0 Å². The first-order chi connectivity index (χ1) is 13.3. The summed E-state index contributed by atoms with van der Waals surface area (Å²) < 4.78 is 19.4. The van der Waals surface area contributed by atoms with Crippen molar-refractivity contribution in [3.63, 3.8) is 0 Å². The topological polar surface area (TPSA) is 77.2 Å². The number of halogens is 3. The summed E-state index contributed by atoms with van der Waals surface area (Å²) in [5.74, 6) is -0.593. The van der Waals surface area contributed by atoms with E-state index in [0.717, 1.165) is 5.56 Å².